The summed E-state index contributed by atoms with van der Waals surface area (Å²) in [4.78, 5) is 10.8. The monoisotopic (exact) mass is 541 g/mol. The number of aromatic carboxylic acids is 1. The van der Waals surface area contributed by atoms with Crippen LogP contribution in [0.15, 0.2) is 70.5 Å². The zero-order valence-corrected chi connectivity index (χ0v) is 23.6. The molecule has 0 saturated heterocycles. The van der Waals surface area contributed by atoms with E-state index < -0.39 is 38.1 Å². The van der Waals surface area contributed by atoms with Gasteiger partial charge in [-0.3, -0.25) is 0 Å². The largest absolute Gasteiger partial charge is 1.00 e. The molecular weight excluding hydrogens is 517 g/mol. The summed E-state index contributed by atoms with van der Waals surface area (Å²) in [5, 5.41) is 35.2. The SMILES string of the molecule is COc1cc(O)c(C(=O)[O-])cc1S(=O)(=O)c1ccc(C[C@@H](C)NC[C@H](O)c2cccc(Cl)c2)cc1.[Na+]. The summed E-state index contributed by atoms with van der Waals surface area (Å²) in [7, 11) is -2.93. The van der Waals surface area contributed by atoms with Crippen LogP contribution in [0.2, 0.25) is 5.02 Å². The number of nitrogens with one attached hydrogen (secondary N) is 1. The van der Waals surface area contributed by atoms with E-state index in [4.69, 9.17) is 16.3 Å². The average Bonchev–Trinajstić information content (AvgIpc) is 2.82. The second kappa shape index (κ2) is 12.9. The van der Waals surface area contributed by atoms with Crippen molar-refractivity contribution in [2.45, 2.75) is 35.3 Å². The van der Waals surface area contributed by atoms with E-state index in [1.54, 1.807) is 36.4 Å². The molecule has 3 aromatic rings. The van der Waals surface area contributed by atoms with E-state index in [-0.39, 0.29) is 46.2 Å². The number of ether oxygens (including phenoxy) is 1. The molecule has 0 spiro atoms. The maximum atomic E-state index is 13.1. The van der Waals surface area contributed by atoms with Crippen LogP contribution >= 0.6 is 11.6 Å². The van der Waals surface area contributed by atoms with Gasteiger partial charge in [0, 0.05) is 29.2 Å². The Bertz CT molecular complexity index is 1320. The van der Waals surface area contributed by atoms with Gasteiger partial charge in [0.2, 0.25) is 9.84 Å². The predicted molar refractivity (Wildman–Crippen MR) is 128 cm³/mol. The number of aromatic hydroxyl groups is 1. The van der Waals surface area contributed by atoms with Crippen molar-refractivity contribution in [3.05, 3.63) is 82.4 Å². The van der Waals surface area contributed by atoms with Crippen LogP contribution in [-0.2, 0) is 16.3 Å². The quantitative estimate of drug-likeness (QED) is 0.293. The second-order valence-corrected chi connectivity index (χ2v) is 10.4. The van der Waals surface area contributed by atoms with Crippen molar-refractivity contribution in [3.63, 3.8) is 0 Å². The molecule has 0 radical (unpaired) electrons. The van der Waals surface area contributed by atoms with Crippen molar-refractivity contribution in [1.29, 1.82) is 0 Å². The Morgan fingerprint density at radius 1 is 1.14 bits per heavy atom. The van der Waals surface area contributed by atoms with E-state index in [1.165, 1.54) is 19.2 Å². The normalized spacial score (nSPS) is 12.9. The summed E-state index contributed by atoms with van der Waals surface area (Å²) in [6, 6.07) is 14.9. The molecule has 0 unspecified atom stereocenters. The fraction of sp³-hybridized carbons (Fsp3) is 0.240. The number of phenols is 1. The summed E-state index contributed by atoms with van der Waals surface area (Å²) < 4.78 is 31.3. The van der Waals surface area contributed by atoms with Crippen LogP contribution in [0.1, 0.15) is 34.5 Å². The Morgan fingerprint density at radius 3 is 2.39 bits per heavy atom. The summed E-state index contributed by atoms with van der Waals surface area (Å²) in [6.45, 7) is 2.26. The molecule has 3 N–H and O–H groups in total. The van der Waals surface area contributed by atoms with Crippen molar-refractivity contribution in [1.82, 2.24) is 5.32 Å². The number of aliphatic hydroxyl groups is 1. The molecule has 0 aliphatic carbocycles. The molecule has 0 aliphatic rings. The number of methoxy groups -OCH3 is 1. The molecule has 0 amide bonds. The number of halogens is 1. The van der Waals surface area contributed by atoms with Crippen molar-refractivity contribution in [2.24, 2.45) is 0 Å². The molecule has 3 aromatic carbocycles. The number of carbonyl (C=O) groups is 1. The van der Waals surface area contributed by atoms with Crippen LogP contribution in [0.3, 0.4) is 0 Å². The summed E-state index contributed by atoms with van der Waals surface area (Å²) >= 11 is 5.97. The minimum Gasteiger partial charge on any atom is -0.545 e. The molecule has 11 heteroatoms. The van der Waals surface area contributed by atoms with Gasteiger partial charge in [-0.25, -0.2) is 8.42 Å². The molecule has 0 heterocycles. The van der Waals surface area contributed by atoms with Crippen LogP contribution in [0, 0.1) is 0 Å². The Morgan fingerprint density at radius 2 is 1.81 bits per heavy atom. The fourth-order valence-corrected chi connectivity index (χ4v) is 5.21. The molecule has 3 rings (SSSR count). The molecule has 0 fully saturated rings. The molecular formula is C25H25ClNNaO7S. The van der Waals surface area contributed by atoms with Gasteiger partial charge in [0.15, 0.2) is 0 Å². The van der Waals surface area contributed by atoms with Gasteiger partial charge in [0.05, 0.1) is 24.1 Å². The van der Waals surface area contributed by atoms with E-state index in [0.29, 0.717) is 23.6 Å². The predicted octanol–water partition coefficient (Wildman–Crippen LogP) is -0.491. The fourth-order valence-electron chi connectivity index (χ4n) is 3.58. The maximum absolute atomic E-state index is 13.1. The number of aliphatic hydroxyl groups excluding tert-OH is 1. The van der Waals surface area contributed by atoms with Gasteiger partial charge < -0.3 is 30.2 Å². The third kappa shape index (κ3) is 7.23. The first-order chi connectivity index (χ1) is 16.5. The summed E-state index contributed by atoms with van der Waals surface area (Å²) in [5.41, 5.74) is 0.911. The first-order valence-electron chi connectivity index (χ1n) is 10.7. The van der Waals surface area contributed by atoms with E-state index in [1.807, 2.05) is 6.92 Å². The first-order valence-corrected chi connectivity index (χ1v) is 12.5. The third-order valence-corrected chi connectivity index (χ3v) is 7.49. The first kappa shape index (κ1) is 30.1. The van der Waals surface area contributed by atoms with Gasteiger partial charge in [-0.2, -0.15) is 0 Å². The molecule has 0 bridgehead atoms. The molecule has 2 atom stereocenters. The Balaban J connectivity index is 0.00000456. The Hall–Kier alpha value is -2.11. The van der Waals surface area contributed by atoms with E-state index >= 15 is 0 Å². The van der Waals surface area contributed by atoms with Crippen molar-refractivity contribution in [2.75, 3.05) is 13.7 Å². The molecule has 0 aromatic heterocycles. The number of benzene rings is 3. The van der Waals surface area contributed by atoms with Gasteiger partial charge in [-0.15, -0.1) is 0 Å². The average molecular weight is 542 g/mol. The molecule has 0 saturated carbocycles. The van der Waals surface area contributed by atoms with E-state index in [9.17, 15) is 28.5 Å². The van der Waals surface area contributed by atoms with E-state index in [2.05, 4.69) is 5.32 Å². The Labute approximate surface area is 237 Å². The van der Waals surface area contributed by atoms with Gasteiger partial charge in [-0.05, 0) is 54.8 Å². The van der Waals surface area contributed by atoms with Crippen LogP contribution in [0.4, 0.5) is 0 Å². The molecule has 186 valence electrons. The Kier molecular flexibility index (Phi) is 10.8. The maximum Gasteiger partial charge on any atom is 1.00 e. The van der Waals surface area contributed by atoms with Crippen molar-refractivity contribution >= 4 is 27.4 Å². The van der Waals surface area contributed by atoms with Crippen LogP contribution in [0.5, 0.6) is 11.5 Å². The van der Waals surface area contributed by atoms with Gasteiger partial charge in [0.1, 0.15) is 16.4 Å². The number of carboxylic acid groups (broad SMARTS) is 1. The second-order valence-electron chi connectivity index (χ2n) is 8.04. The number of carbonyl (C=O) groups excluding carboxylic acids is 1. The van der Waals surface area contributed by atoms with Gasteiger partial charge in [-0.1, -0.05) is 35.9 Å². The smallest absolute Gasteiger partial charge is 0.545 e. The minimum absolute atomic E-state index is 0. The minimum atomic E-state index is -4.14. The standard InChI is InChI=1S/C25H26ClNO7S.Na/c1-15(27-14-22(29)17-4-3-5-18(26)11-17)10-16-6-8-19(9-7-16)35(32,33)24-12-20(25(30)31)21(28)13-23(24)34-2;/h3-9,11-13,15,22,27-29H,10,14H2,1-2H3,(H,30,31);/q;+1/p-1/t15-,22+;/m1./s1. The van der Waals surface area contributed by atoms with Crippen LogP contribution in [0.25, 0.3) is 0 Å². The topological polar surface area (TPSA) is 136 Å². The van der Waals surface area contributed by atoms with Crippen molar-refractivity contribution in [3.8, 4) is 11.5 Å². The van der Waals surface area contributed by atoms with E-state index in [0.717, 1.165) is 17.7 Å². The van der Waals surface area contributed by atoms with Gasteiger partial charge in [0.25, 0.3) is 0 Å². The zero-order chi connectivity index (χ0) is 25.8. The zero-order valence-electron chi connectivity index (χ0n) is 20.1. The van der Waals surface area contributed by atoms with Crippen molar-refractivity contribution < 1.29 is 62.8 Å². The number of hydrogen-bond acceptors (Lipinski definition) is 8. The summed E-state index contributed by atoms with van der Waals surface area (Å²) in [6.07, 6.45) is -0.158. The summed E-state index contributed by atoms with van der Waals surface area (Å²) in [5.74, 6) is -2.55. The van der Waals surface area contributed by atoms with Crippen LogP contribution < -0.4 is 44.7 Å². The number of carboxylic acids is 1. The third-order valence-electron chi connectivity index (χ3n) is 5.46. The molecule has 8 nitrogen and oxygen atoms in total. The molecule has 36 heavy (non-hydrogen) atoms. The molecule has 0 aliphatic heterocycles. The number of sulfone groups is 1. The number of hydrogen-bond donors (Lipinski definition) is 3. The number of rotatable bonds is 10. The van der Waals surface area contributed by atoms with Crippen LogP contribution in [-0.4, -0.2) is 44.3 Å². The van der Waals surface area contributed by atoms with Gasteiger partial charge >= 0.3 is 29.6 Å².